The largest absolute Gasteiger partial charge is 0.355 e. The number of carbonyl (C=O) groups excluding carboxylic acids is 3. The van der Waals surface area contributed by atoms with Gasteiger partial charge in [-0.05, 0) is 19.9 Å². The summed E-state index contributed by atoms with van der Waals surface area (Å²) in [7, 11) is 1.96. The zero-order valence-electron chi connectivity index (χ0n) is 16.1. The number of benzene rings is 1. The molecule has 0 radical (unpaired) electrons. The van der Waals surface area contributed by atoms with Gasteiger partial charge in [-0.3, -0.25) is 19.8 Å². The standard InChI is InChI=1S/C20H23N5O4/c1-24-10-16(11-24)25(21-12-26)20(28)14-7-15(8-14)22-19(27)17-9-18(29-23-17)13-5-3-2-4-6-13/h2-6,9,12,14-16H,7-8,10-11H2,1H3,(H,21,26)(H,22,27). The first-order chi connectivity index (χ1) is 14.0. The maximum atomic E-state index is 12.7. The third-order valence-corrected chi connectivity index (χ3v) is 5.46. The number of likely N-dealkylation sites (tertiary alicyclic amines) is 1. The molecule has 9 heteroatoms. The van der Waals surface area contributed by atoms with Crippen molar-refractivity contribution in [3.8, 4) is 11.3 Å². The summed E-state index contributed by atoms with van der Waals surface area (Å²) in [5, 5.41) is 8.16. The molecule has 4 rings (SSSR count). The predicted octanol–water partition coefficient (Wildman–Crippen LogP) is 0.654. The number of hydrogen-bond acceptors (Lipinski definition) is 6. The molecule has 3 amide bonds. The lowest BCUT2D eigenvalue weighted by Crippen LogP contribution is -2.65. The fourth-order valence-corrected chi connectivity index (χ4v) is 3.75. The van der Waals surface area contributed by atoms with Crippen LogP contribution in [0, 0.1) is 5.92 Å². The van der Waals surface area contributed by atoms with Gasteiger partial charge in [0, 0.05) is 36.7 Å². The maximum Gasteiger partial charge on any atom is 0.273 e. The molecule has 0 unspecified atom stereocenters. The van der Waals surface area contributed by atoms with Crippen molar-refractivity contribution in [3.05, 3.63) is 42.1 Å². The summed E-state index contributed by atoms with van der Waals surface area (Å²) in [5.41, 5.74) is 3.57. The molecule has 9 nitrogen and oxygen atoms in total. The number of hydrazine groups is 1. The van der Waals surface area contributed by atoms with Crippen LogP contribution in [0.3, 0.4) is 0 Å². The number of amides is 3. The third kappa shape index (κ3) is 4.00. The zero-order valence-corrected chi connectivity index (χ0v) is 16.1. The van der Waals surface area contributed by atoms with Gasteiger partial charge in [0.05, 0.1) is 6.04 Å². The van der Waals surface area contributed by atoms with Gasteiger partial charge < -0.3 is 14.7 Å². The minimum Gasteiger partial charge on any atom is -0.355 e. The molecule has 2 aromatic rings. The highest BCUT2D eigenvalue weighted by Crippen LogP contribution is 2.30. The number of nitrogens with zero attached hydrogens (tertiary/aromatic N) is 3. The number of hydrogen-bond donors (Lipinski definition) is 2. The minimum atomic E-state index is -0.324. The lowest BCUT2D eigenvalue weighted by Gasteiger charge is -2.45. The highest BCUT2D eigenvalue weighted by molar-refractivity contribution is 5.93. The Morgan fingerprint density at radius 3 is 2.62 bits per heavy atom. The normalized spacial score (nSPS) is 21.6. The second-order valence-corrected chi connectivity index (χ2v) is 7.61. The van der Waals surface area contributed by atoms with Crippen molar-refractivity contribution in [3.63, 3.8) is 0 Å². The second kappa shape index (κ2) is 8.04. The van der Waals surface area contributed by atoms with Gasteiger partial charge in [-0.1, -0.05) is 35.5 Å². The van der Waals surface area contributed by atoms with Crippen LogP contribution in [0.4, 0.5) is 0 Å². The molecular weight excluding hydrogens is 374 g/mol. The first-order valence-electron chi connectivity index (χ1n) is 9.59. The Balaban J connectivity index is 1.29. The number of aromatic nitrogens is 1. The van der Waals surface area contributed by atoms with E-state index in [-0.39, 0.29) is 35.5 Å². The lowest BCUT2D eigenvalue weighted by atomic mass is 9.79. The van der Waals surface area contributed by atoms with E-state index in [2.05, 4.69) is 20.8 Å². The van der Waals surface area contributed by atoms with Crippen LogP contribution in [-0.4, -0.2) is 65.5 Å². The molecule has 1 saturated carbocycles. The molecule has 2 heterocycles. The summed E-state index contributed by atoms with van der Waals surface area (Å²) in [6.45, 7) is 1.46. The Labute approximate surface area is 168 Å². The summed E-state index contributed by atoms with van der Waals surface area (Å²) in [4.78, 5) is 38.0. The summed E-state index contributed by atoms with van der Waals surface area (Å²) in [6.07, 6.45) is 1.60. The number of nitrogens with one attached hydrogen (secondary N) is 2. The molecule has 1 aromatic carbocycles. The Morgan fingerprint density at radius 1 is 1.24 bits per heavy atom. The van der Waals surface area contributed by atoms with Gasteiger partial charge in [0.2, 0.25) is 12.3 Å². The Kier molecular flexibility index (Phi) is 5.30. The van der Waals surface area contributed by atoms with Crippen LogP contribution in [0.25, 0.3) is 11.3 Å². The highest BCUT2D eigenvalue weighted by Gasteiger charge is 2.42. The van der Waals surface area contributed by atoms with Crippen molar-refractivity contribution in [2.24, 2.45) is 5.92 Å². The topological polar surface area (TPSA) is 108 Å². The smallest absolute Gasteiger partial charge is 0.273 e. The first kappa shape index (κ1) is 19.1. The average molecular weight is 397 g/mol. The van der Waals surface area contributed by atoms with Gasteiger partial charge >= 0.3 is 0 Å². The van der Waals surface area contributed by atoms with Crippen molar-refractivity contribution < 1.29 is 18.9 Å². The van der Waals surface area contributed by atoms with Crippen molar-refractivity contribution >= 4 is 18.2 Å². The molecule has 1 saturated heterocycles. The van der Waals surface area contributed by atoms with E-state index in [9.17, 15) is 14.4 Å². The summed E-state index contributed by atoms with van der Waals surface area (Å²) in [5.74, 6) is -0.113. The van der Waals surface area contributed by atoms with Crippen LogP contribution in [-0.2, 0) is 9.59 Å². The van der Waals surface area contributed by atoms with E-state index in [1.807, 2.05) is 37.4 Å². The SMILES string of the molecule is CN1CC(N(NC=O)C(=O)C2CC(NC(=O)c3cc(-c4ccccc4)on3)C2)C1. The van der Waals surface area contributed by atoms with E-state index in [0.29, 0.717) is 25.0 Å². The van der Waals surface area contributed by atoms with E-state index in [0.717, 1.165) is 18.7 Å². The Morgan fingerprint density at radius 2 is 1.97 bits per heavy atom. The molecule has 152 valence electrons. The van der Waals surface area contributed by atoms with Crippen LogP contribution >= 0.6 is 0 Å². The molecule has 1 aliphatic heterocycles. The van der Waals surface area contributed by atoms with E-state index >= 15 is 0 Å². The van der Waals surface area contributed by atoms with Gasteiger partial charge in [-0.2, -0.15) is 0 Å². The van der Waals surface area contributed by atoms with Gasteiger partial charge in [0.25, 0.3) is 5.91 Å². The minimum absolute atomic E-state index is 0.00196. The predicted molar refractivity (Wildman–Crippen MR) is 103 cm³/mol. The molecule has 0 bridgehead atoms. The van der Waals surface area contributed by atoms with Crippen molar-refractivity contribution in [1.29, 1.82) is 0 Å². The second-order valence-electron chi connectivity index (χ2n) is 7.61. The van der Waals surface area contributed by atoms with Gasteiger partial charge in [-0.25, -0.2) is 5.01 Å². The van der Waals surface area contributed by atoms with E-state index in [1.165, 1.54) is 5.01 Å². The number of carbonyl (C=O) groups is 3. The Hall–Kier alpha value is -3.20. The summed E-state index contributed by atoms with van der Waals surface area (Å²) >= 11 is 0. The summed E-state index contributed by atoms with van der Waals surface area (Å²) < 4.78 is 5.26. The van der Waals surface area contributed by atoms with Crippen molar-refractivity contribution in [2.45, 2.75) is 24.9 Å². The van der Waals surface area contributed by atoms with E-state index in [1.54, 1.807) is 6.07 Å². The molecule has 1 aliphatic carbocycles. The van der Waals surface area contributed by atoms with Gasteiger partial charge in [0.1, 0.15) is 0 Å². The van der Waals surface area contributed by atoms with E-state index in [4.69, 9.17) is 4.52 Å². The van der Waals surface area contributed by atoms with Gasteiger partial charge in [-0.15, -0.1) is 0 Å². The fraction of sp³-hybridized carbons (Fsp3) is 0.400. The molecule has 2 N–H and O–H groups in total. The van der Waals surface area contributed by atoms with Gasteiger partial charge in [0.15, 0.2) is 11.5 Å². The third-order valence-electron chi connectivity index (χ3n) is 5.46. The molecular formula is C20H23N5O4. The van der Waals surface area contributed by atoms with Crippen LogP contribution in [0.2, 0.25) is 0 Å². The highest BCUT2D eigenvalue weighted by atomic mass is 16.5. The average Bonchev–Trinajstić information content (AvgIpc) is 3.17. The maximum absolute atomic E-state index is 12.7. The van der Waals surface area contributed by atoms with Crippen LogP contribution in [0.5, 0.6) is 0 Å². The summed E-state index contributed by atoms with van der Waals surface area (Å²) in [6, 6.07) is 10.9. The zero-order chi connectivity index (χ0) is 20.4. The quantitative estimate of drug-likeness (QED) is 0.525. The number of rotatable bonds is 7. The first-order valence-corrected chi connectivity index (χ1v) is 9.59. The van der Waals surface area contributed by atoms with E-state index < -0.39 is 0 Å². The molecule has 2 aliphatic rings. The lowest BCUT2D eigenvalue weighted by molar-refractivity contribution is -0.152. The molecule has 29 heavy (non-hydrogen) atoms. The molecule has 2 fully saturated rings. The van der Waals surface area contributed by atoms with Crippen LogP contribution in [0.1, 0.15) is 23.3 Å². The molecule has 0 atom stereocenters. The monoisotopic (exact) mass is 397 g/mol. The number of likely N-dealkylation sites (N-methyl/N-ethyl adjacent to an activating group) is 1. The van der Waals surface area contributed by atoms with Crippen molar-refractivity contribution in [2.75, 3.05) is 20.1 Å². The molecule has 1 aromatic heterocycles. The van der Waals surface area contributed by atoms with Crippen LogP contribution in [0.15, 0.2) is 40.9 Å². The fourth-order valence-electron chi connectivity index (χ4n) is 3.75. The molecule has 0 spiro atoms. The van der Waals surface area contributed by atoms with Crippen LogP contribution < -0.4 is 10.7 Å². The Bertz CT molecular complexity index is 887. The van der Waals surface area contributed by atoms with Crippen molar-refractivity contribution in [1.82, 2.24) is 25.8 Å².